The Morgan fingerprint density at radius 3 is 2.53 bits per heavy atom. The zero-order valence-electron chi connectivity index (χ0n) is 9.06. The standard InChI is InChI=1S/C14H18O/c1-2-6-13(11-12-15)9-10-14-7-4-3-5-8-14/h2-5,7-8,12-13H,1,6,9-11H2. The van der Waals surface area contributed by atoms with Crippen LogP contribution in [0.15, 0.2) is 43.0 Å². The minimum atomic E-state index is 0.459. The van der Waals surface area contributed by atoms with Crippen LogP contribution in [0.4, 0.5) is 0 Å². The van der Waals surface area contributed by atoms with Gasteiger partial charge in [0.15, 0.2) is 0 Å². The van der Waals surface area contributed by atoms with Crippen LogP contribution in [0.1, 0.15) is 24.8 Å². The van der Waals surface area contributed by atoms with E-state index in [-0.39, 0.29) is 0 Å². The van der Waals surface area contributed by atoms with Gasteiger partial charge in [-0.15, -0.1) is 6.58 Å². The van der Waals surface area contributed by atoms with Gasteiger partial charge in [0.2, 0.25) is 0 Å². The number of carbonyl (C=O) groups is 1. The first-order chi connectivity index (χ1) is 7.36. The molecule has 0 radical (unpaired) electrons. The average Bonchev–Trinajstić information content (AvgIpc) is 2.28. The van der Waals surface area contributed by atoms with Gasteiger partial charge >= 0.3 is 0 Å². The highest BCUT2D eigenvalue weighted by atomic mass is 16.1. The van der Waals surface area contributed by atoms with Crippen LogP contribution in [0.2, 0.25) is 0 Å². The van der Waals surface area contributed by atoms with Crippen molar-refractivity contribution in [2.75, 3.05) is 0 Å². The summed E-state index contributed by atoms with van der Waals surface area (Å²) in [5.74, 6) is 0.459. The summed E-state index contributed by atoms with van der Waals surface area (Å²) in [7, 11) is 0. The number of rotatable bonds is 7. The second-order valence-corrected chi connectivity index (χ2v) is 3.82. The monoisotopic (exact) mass is 202 g/mol. The van der Waals surface area contributed by atoms with Crippen molar-refractivity contribution >= 4 is 6.29 Å². The molecule has 0 spiro atoms. The first kappa shape index (κ1) is 11.7. The molecule has 0 aliphatic heterocycles. The fraction of sp³-hybridized carbons (Fsp3) is 0.357. The van der Waals surface area contributed by atoms with E-state index >= 15 is 0 Å². The molecule has 0 aromatic heterocycles. The predicted octanol–water partition coefficient (Wildman–Crippen LogP) is 3.40. The summed E-state index contributed by atoms with van der Waals surface area (Å²) in [6.45, 7) is 3.72. The van der Waals surface area contributed by atoms with E-state index in [1.807, 2.05) is 12.1 Å². The normalized spacial score (nSPS) is 12.0. The summed E-state index contributed by atoms with van der Waals surface area (Å²) in [4.78, 5) is 10.5. The fourth-order valence-electron chi connectivity index (χ4n) is 1.72. The topological polar surface area (TPSA) is 17.1 Å². The van der Waals surface area contributed by atoms with E-state index in [9.17, 15) is 4.79 Å². The molecular formula is C14H18O. The lowest BCUT2D eigenvalue weighted by Crippen LogP contribution is -2.02. The van der Waals surface area contributed by atoms with Crippen LogP contribution in [-0.2, 0) is 11.2 Å². The molecule has 0 aliphatic rings. The van der Waals surface area contributed by atoms with Crippen molar-refractivity contribution in [3.05, 3.63) is 48.6 Å². The van der Waals surface area contributed by atoms with Gasteiger partial charge < -0.3 is 4.79 Å². The number of hydrogen-bond donors (Lipinski definition) is 0. The van der Waals surface area contributed by atoms with E-state index in [0.717, 1.165) is 25.5 Å². The van der Waals surface area contributed by atoms with Gasteiger partial charge in [-0.2, -0.15) is 0 Å². The van der Waals surface area contributed by atoms with Crippen LogP contribution < -0.4 is 0 Å². The number of benzene rings is 1. The summed E-state index contributed by atoms with van der Waals surface area (Å²) >= 11 is 0. The van der Waals surface area contributed by atoms with Crippen molar-refractivity contribution < 1.29 is 4.79 Å². The molecule has 1 unspecified atom stereocenters. The molecule has 1 rings (SSSR count). The van der Waals surface area contributed by atoms with Crippen LogP contribution >= 0.6 is 0 Å². The van der Waals surface area contributed by atoms with Gasteiger partial charge in [0.05, 0.1) is 0 Å². The SMILES string of the molecule is C=CCC(CC=O)CCc1ccccc1. The lowest BCUT2D eigenvalue weighted by molar-refractivity contribution is -0.108. The van der Waals surface area contributed by atoms with Gasteiger partial charge in [0, 0.05) is 6.42 Å². The molecule has 1 heteroatoms. The minimum absolute atomic E-state index is 0.459. The second-order valence-electron chi connectivity index (χ2n) is 3.82. The van der Waals surface area contributed by atoms with Crippen molar-refractivity contribution in [1.29, 1.82) is 0 Å². The van der Waals surface area contributed by atoms with Gasteiger partial charge in [-0.1, -0.05) is 36.4 Å². The molecule has 15 heavy (non-hydrogen) atoms. The maximum atomic E-state index is 10.5. The number of allylic oxidation sites excluding steroid dienone is 1. The van der Waals surface area contributed by atoms with Crippen molar-refractivity contribution in [2.45, 2.75) is 25.7 Å². The zero-order chi connectivity index (χ0) is 10.9. The largest absolute Gasteiger partial charge is 0.303 e. The van der Waals surface area contributed by atoms with Crippen LogP contribution in [-0.4, -0.2) is 6.29 Å². The Bertz CT molecular complexity index is 279. The number of aryl methyl sites for hydroxylation is 1. The molecule has 0 amide bonds. The first-order valence-corrected chi connectivity index (χ1v) is 5.45. The maximum Gasteiger partial charge on any atom is 0.120 e. The van der Waals surface area contributed by atoms with Crippen LogP contribution in [0, 0.1) is 5.92 Å². The molecular weight excluding hydrogens is 184 g/mol. The summed E-state index contributed by atoms with van der Waals surface area (Å²) in [5, 5.41) is 0. The summed E-state index contributed by atoms with van der Waals surface area (Å²) in [5.41, 5.74) is 1.34. The zero-order valence-corrected chi connectivity index (χ0v) is 9.06. The van der Waals surface area contributed by atoms with Gasteiger partial charge in [0.1, 0.15) is 6.29 Å². The van der Waals surface area contributed by atoms with Crippen LogP contribution in [0.25, 0.3) is 0 Å². The fourth-order valence-corrected chi connectivity index (χ4v) is 1.72. The summed E-state index contributed by atoms with van der Waals surface area (Å²) in [6.07, 6.45) is 6.62. The highest BCUT2D eigenvalue weighted by Gasteiger charge is 2.06. The molecule has 1 aromatic rings. The highest BCUT2D eigenvalue weighted by molar-refractivity contribution is 5.49. The van der Waals surface area contributed by atoms with E-state index in [1.165, 1.54) is 5.56 Å². The molecule has 0 saturated heterocycles. The quantitative estimate of drug-likeness (QED) is 0.489. The molecule has 0 N–H and O–H groups in total. The van der Waals surface area contributed by atoms with Crippen LogP contribution in [0.5, 0.6) is 0 Å². The van der Waals surface area contributed by atoms with E-state index in [1.54, 1.807) is 0 Å². The Morgan fingerprint density at radius 2 is 1.93 bits per heavy atom. The van der Waals surface area contributed by atoms with Crippen LogP contribution in [0.3, 0.4) is 0 Å². The molecule has 1 atom stereocenters. The van der Waals surface area contributed by atoms with Gasteiger partial charge in [-0.3, -0.25) is 0 Å². The molecule has 1 nitrogen and oxygen atoms in total. The molecule has 0 saturated carbocycles. The van der Waals surface area contributed by atoms with Crippen molar-refractivity contribution in [3.63, 3.8) is 0 Å². The van der Waals surface area contributed by atoms with Crippen molar-refractivity contribution in [1.82, 2.24) is 0 Å². The Kier molecular flexibility index (Phi) is 5.46. The summed E-state index contributed by atoms with van der Waals surface area (Å²) in [6, 6.07) is 10.4. The third kappa shape index (κ3) is 4.59. The number of aldehydes is 1. The highest BCUT2D eigenvalue weighted by Crippen LogP contribution is 2.16. The first-order valence-electron chi connectivity index (χ1n) is 5.45. The Hall–Kier alpha value is -1.37. The Balaban J connectivity index is 2.39. The van der Waals surface area contributed by atoms with E-state index < -0.39 is 0 Å². The lowest BCUT2D eigenvalue weighted by Gasteiger charge is -2.11. The molecule has 0 heterocycles. The third-order valence-corrected chi connectivity index (χ3v) is 2.61. The smallest absolute Gasteiger partial charge is 0.120 e. The molecule has 80 valence electrons. The van der Waals surface area contributed by atoms with Crippen molar-refractivity contribution in [3.8, 4) is 0 Å². The minimum Gasteiger partial charge on any atom is -0.303 e. The molecule has 0 fully saturated rings. The lowest BCUT2D eigenvalue weighted by atomic mass is 9.94. The molecule has 0 bridgehead atoms. The average molecular weight is 202 g/mol. The molecule has 0 aliphatic carbocycles. The maximum absolute atomic E-state index is 10.5. The third-order valence-electron chi connectivity index (χ3n) is 2.61. The number of carbonyl (C=O) groups excluding carboxylic acids is 1. The molecule has 1 aromatic carbocycles. The number of hydrogen-bond acceptors (Lipinski definition) is 1. The van der Waals surface area contributed by atoms with Gasteiger partial charge in [-0.05, 0) is 30.7 Å². The second kappa shape index (κ2) is 6.99. The van der Waals surface area contributed by atoms with Gasteiger partial charge in [0.25, 0.3) is 0 Å². The Labute approximate surface area is 91.8 Å². The van der Waals surface area contributed by atoms with Crippen molar-refractivity contribution in [2.24, 2.45) is 5.92 Å². The van der Waals surface area contributed by atoms with Gasteiger partial charge in [-0.25, -0.2) is 0 Å². The summed E-state index contributed by atoms with van der Waals surface area (Å²) < 4.78 is 0. The van der Waals surface area contributed by atoms with E-state index in [2.05, 4.69) is 30.8 Å². The van der Waals surface area contributed by atoms with E-state index in [4.69, 9.17) is 0 Å². The van der Waals surface area contributed by atoms with E-state index in [0.29, 0.717) is 12.3 Å². The Morgan fingerprint density at radius 1 is 1.20 bits per heavy atom. The predicted molar refractivity (Wildman–Crippen MR) is 63.7 cm³/mol.